The highest BCUT2D eigenvalue weighted by Crippen LogP contribution is 2.39. The lowest BCUT2D eigenvalue weighted by Gasteiger charge is -2.15. The van der Waals surface area contributed by atoms with Crippen LogP contribution in [0.4, 0.5) is 22.0 Å². The molecule has 1 heterocycles. The van der Waals surface area contributed by atoms with E-state index in [-0.39, 0.29) is 9.26 Å². The fourth-order valence-electron chi connectivity index (χ4n) is 1.14. The number of pyridine rings is 1. The van der Waals surface area contributed by atoms with Gasteiger partial charge in [0.2, 0.25) is 0 Å². The Hall–Kier alpha value is -0.180. The number of hydrogen-bond donors (Lipinski definition) is 0. The van der Waals surface area contributed by atoms with E-state index in [1.54, 1.807) is 22.6 Å². The van der Waals surface area contributed by atoms with Crippen molar-refractivity contribution in [2.24, 2.45) is 0 Å². The first-order valence-electron chi connectivity index (χ1n) is 3.87. The lowest BCUT2D eigenvalue weighted by atomic mass is 10.1. The maximum absolute atomic E-state index is 12.6. The van der Waals surface area contributed by atoms with Crippen molar-refractivity contribution >= 4 is 34.2 Å². The summed E-state index contributed by atoms with van der Waals surface area (Å²) in [6.45, 7) is 0. The molecule has 0 amide bonds. The first-order chi connectivity index (χ1) is 7.29. The van der Waals surface area contributed by atoms with Crippen LogP contribution in [0.3, 0.4) is 0 Å². The molecule has 8 heteroatoms. The van der Waals surface area contributed by atoms with Gasteiger partial charge in [-0.05, 0) is 22.6 Å². The molecule has 0 unspecified atom stereocenters. The molecule has 0 aliphatic carbocycles. The van der Waals surface area contributed by atoms with Gasteiger partial charge in [-0.25, -0.2) is 13.8 Å². The topological polar surface area (TPSA) is 12.9 Å². The monoisotopic (exact) mass is 371 g/mol. The van der Waals surface area contributed by atoms with Crippen LogP contribution in [-0.4, -0.2) is 4.98 Å². The molecule has 1 nitrogen and oxygen atoms in total. The van der Waals surface area contributed by atoms with E-state index in [0.29, 0.717) is 6.20 Å². The third-order valence-corrected chi connectivity index (χ3v) is 3.03. The van der Waals surface area contributed by atoms with Crippen molar-refractivity contribution in [3.05, 3.63) is 26.6 Å². The number of hydrogen-bond acceptors (Lipinski definition) is 1. The SMILES string of the molecule is FC(F)c1c(C(F)(F)F)cnc(I)c1CCl. The van der Waals surface area contributed by atoms with Gasteiger partial charge in [-0.3, -0.25) is 0 Å². The summed E-state index contributed by atoms with van der Waals surface area (Å²) >= 11 is 6.93. The molecule has 0 fully saturated rings. The average molecular weight is 371 g/mol. The van der Waals surface area contributed by atoms with E-state index in [0.717, 1.165) is 0 Å². The van der Waals surface area contributed by atoms with Gasteiger partial charge in [0.1, 0.15) is 3.70 Å². The van der Waals surface area contributed by atoms with Gasteiger partial charge < -0.3 is 0 Å². The Bertz CT molecular complexity index is 393. The molecule has 90 valence electrons. The number of aromatic nitrogens is 1. The van der Waals surface area contributed by atoms with Crippen molar-refractivity contribution in [1.82, 2.24) is 4.98 Å². The zero-order valence-electron chi connectivity index (χ0n) is 7.45. The van der Waals surface area contributed by atoms with Crippen LogP contribution in [-0.2, 0) is 12.1 Å². The van der Waals surface area contributed by atoms with Crippen LogP contribution >= 0.6 is 34.2 Å². The van der Waals surface area contributed by atoms with E-state index in [1.165, 1.54) is 0 Å². The molecule has 0 aromatic carbocycles. The van der Waals surface area contributed by atoms with Crippen molar-refractivity contribution in [2.75, 3.05) is 0 Å². The Kier molecular flexibility index (Phi) is 4.33. The van der Waals surface area contributed by atoms with Gasteiger partial charge in [0.25, 0.3) is 6.43 Å². The normalized spacial score (nSPS) is 12.2. The van der Waals surface area contributed by atoms with Gasteiger partial charge >= 0.3 is 6.18 Å². The molecule has 0 bridgehead atoms. The second-order valence-corrected chi connectivity index (χ2v) is 4.08. The molecule has 1 aromatic rings. The van der Waals surface area contributed by atoms with Gasteiger partial charge in [0.05, 0.1) is 11.4 Å². The van der Waals surface area contributed by atoms with Crippen LogP contribution in [0.25, 0.3) is 0 Å². The summed E-state index contributed by atoms with van der Waals surface area (Å²) in [5.41, 5.74) is -2.78. The van der Waals surface area contributed by atoms with Gasteiger partial charge in [0.15, 0.2) is 0 Å². The summed E-state index contributed by atoms with van der Waals surface area (Å²) in [4.78, 5) is 3.41. The summed E-state index contributed by atoms with van der Waals surface area (Å²) in [7, 11) is 0. The quantitative estimate of drug-likeness (QED) is 0.325. The smallest absolute Gasteiger partial charge is 0.249 e. The maximum Gasteiger partial charge on any atom is 0.418 e. The Balaban J connectivity index is 3.52. The number of rotatable bonds is 2. The second kappa shape index (κ2) is 4.99. The van der Waals surface area contributed by atoms with Gasteiger partial charge in [-0.2, -0.15) is 13.2 Å². The zero-order chi connectivity index (χ0) is 12.5. The average Bonchev–Trinajstić information content (AvgIpc) is 2.14. The molecule has 0 aliphatic rings. The lowest BCUT2D eigenvalue weighted by Crippen LogP contribution is -2.13. The number of halogens is 7. The van der Waals surface area contributed by atoms with Gasteiger partial charge in [-0.1, -0.05) is 0 Å². The zero-order valence-corrected chi connectivity index (χ0v) is 10.4. The molecule has 0 N–H and O–H groups in total. The predicted molar refractivity (Wildman–Crippen MR) is 56.5 cm³/mol. The van der Waals surface area contributed by atoms with Crippen LogP contribution in [0.1, 0.15) is 23.1 Å². The second-order valence-electron chi connectivity index (χ2n) is 2.79. The van der Waals surface area contributed by atoms with E-state index in [4.69, 9.17) is 11.6 Å². The molecule has 1 aromatic heterocycles. The Labute approximate surface area is 106 Å². The van der Waals surface area contributed by atoms with Crippen LogP contribution in [0.15, 0.2) is 6.20 Å². The van der Waals surface area contributed by atoms with E-state index in [9.17, 15) is 22.0 Å². The molecule has 0 saturated heterocycles. The Morgan fingerprint density at radius 3 is 2.31 bits per heavy atom. The number of alkyl halides is 6. The molecule has 0 aliphatic heterocycles. The molecule has 0 atom stereocenters. The minimum absolute atomic E-state index is 0.0518. The highest BCUT2D eigenvalue weighted by molar-refractivity contribution is 14.1. The molecule has 0 spiro atoms. The highest BCUT2D eigenvalue weighted by Gasteiger charge is 2.38. The Morgan fingerprint density at radius 2 is 1.94 bits per heavy atom. The largest absolute Gasteiger partial charge is 0.418 e. The third-order valence-electron chi connectivity index (χ3n) is 1.83. The molecular weight excluding hydrogens is 367 g/mol. The molecule has 16 heavy (non-hydrogen) atoms. The standard InChI is InChI=1S/C8H4ClF5IN/c9-1-3-5(6(10)11)4(8(12,13)14)2-16-7(3)15/h2,6H,1H2. The molecular formula is C8H4ClF5IN. The van der Waals surface area contributed by atoms with Crippen molar-refractivity contribution in [3.63, 3.8) is 0 Å². The number of nitrogens with zero attached hydrogens (tertiary/aromatic N) is 1. The third kappa shape index (κ3) is 2.73. The summed E-state index contributed by atoms with van der Waals surface area (Å²) in [6.07, 6.45) is -7.69. The van der Waals surface area contributed by atoms with Gasteiger partial charge in [-0.15, -0.1) is 11.6 Å². The van der Waals surface area contributed by atoms with Gasteiger partial charge in [0, 0.05) is 17.3 Å². The predicted octanol–water partition coefficient (Wildman–Crippen LogP) is 4.38. The highest BCUT2D eigenvalue weighted by atomic mass is 127. The van der Waals surface area contributed by atoms with E-state index in [2.05, 4.69) is 4.98 Å². The van der Waals surface area contributed by atoms with Crippen LogP contribution in [0.2, 0.25) is 0 Å². The summed E-state index contributed by atoms with van der Waals surface area (Å²) in [6, 6.07) is 0. The maximum atomic E-state index is 12.6. The fraction of sp³-hybridized carbons (Fsp3) is 0.375. The van der Waals surface area contributed by atoms with E-state index >= 15 is 0 Å². The van der Waals surface area contributed by atoms with Crippen molar-refractivity contribution in [2.45, 2.75) is 18.5 Å². The first kappa shape index (κ1) is 13.9. The minimum Gasteiger partial charge on any atom is -0.249 e. The molecule has 1 rings (SSSR count). The van der Waals surface area contributed by atoms with Crippen LogP contribution in [0, 0.1) is 3.70 Å². The van der Waals surface area contributed by atoms with Crippen molar-refractivity contribution < 1.29 is 22.0 Å². The van der Waals surface area contributed by atoms with Crippen molar-refractivity contribution in [1.29, 1.82) is 0 Å². The summed E-state index contributed by atoms with van der Waals surface area (Å²) < 4.78 is 62.6. The van der Waals surface area contributed by atoms with Crippen LogP contribution < -0.4 is 0 Å². The van der Waals surface area contributed by atoms with E-state index in [1.807, 2.05) is 0 Å². The minimum atomic E-state index is -4.86. The van der Waals surface area contributed by atoms with E-state index < -0.39 is 29.6 Å². The summed E-state index contributed by atoms with van der Waals surface area (Å²) in [5.74, 6) is -0.436. The molecule has 0 radical (unpaired) electrons. The van der Waals surface area contributed by atoms with Crippen LogP contribution in [0.5, 0.6) is 0 Å². The Morgan fingerprint density at radius 1 is 1.38 bits per heavy atom. The fourth-order valence-corrected chi connectivity index (χ4v) is 2.26. The van der Waals surface area contributed by atoms with Crippen molar-refractivity contribution in [3.8, 4) is 0 Å². The molecule has 0 saturated carbocycles. The lowest BCUT2D eigenvalue weighted by molar-refractivity contribution is -0.139. The summed E-state index contributed by atoms with van der Waals surface area (Å²) in [5, 5.41) is 0. The first-order valence-corrected chi connectivity index (χ1v) is 5.49.